The van der Waals surface area contributed by atoms with E-state index in [1.165, 1.54) is 0 Å². The van der Waals surface area contributed by atoms with E-state index in [1.807, 2.05) is 0 Å². The third-order valence-corrected chi connectivity index (χ3v) is 3.69. The molecule has 1 aliphatic rings. The van der Waals surface area contributed by atoms with Crippen molar-refractivity contribution < 1.29 is 18.0 Å². The van der Waals surface area contributed by atoms with E-state index in [2.05, 4.69) is 17.6 Å². The second-order valence-electron chi connectivity index (χ2n) is 5.11. The van der Waals surface area contributed by atoms with Gasteiger partial charge in [-0.15, -0.1) is 0 Å². The van der Waals surface area contributed by atoms with Gasteiger partial charge in [0.15, 0.2) is 17.5 Å². The van der Waals surface area contributed by atoms with E-state index >= 15 is 0 Å². The van der Waals surface area contributed by atoms with Gasteiger partial charge >= 0.3 is 0 Å². The minimum absolute atomic E-state index is 0.112. The average molecular weight is 286 g/mol. The molecule has 6 heteroatoms. The van der Waals surface area contributed by atoms with E-state index < -0.39 is 28.9 Å². The SMILES string of the molecule is CC1CCCNC1CNC(=O)c1ccc(F)c(F)c1F. The lowest BCUT2D eigenvalue weighted by molar-refractivity contribution is 0.0938. The van der Waals surface area contributed by atoms with Crippen molar-refractivity contribution in [2.45, 2.75) is 25.8 Å². The highest BCUT2D eigenvalue weighted by atomic mass is 19.2. The molecule has 0 spiro atoms. The zero-order valence-electron chi connectivity index (χ0n) is 11.2. The van der Waals surface area contributed by atoms with Gasteiger partial charge in [-0.3, -0.25) is 4.79 Å². The van der Waals surface area contributed by atoms with E-state index in [0.29, 0.717) is 12.5 Å². The summed E-state index contributed by atoms with van der Waals surface area (Å²) in [4.78, 5) is 11.8. The van der Waals surface area contributed by atoms with Crippen molar-refractivity contribution in [3.8, 4) is 0 Å². The van der Waals surface area contributed by atoms with Crippen molar-refractivity contribution in [3.05, 3.63) is 35.1 Å². The molecule has 1 aromatic rings. The van der Waals surface area contributed by atoms with Crippen LogP contribution in [-0.4, -0.2) is 25.0 Å². The van der Waals surface area contributed by atoms with Crippen LogP contribution in [0.1, 0.15) is 30.1 Å². The van der Waals surface area contributed by atoms with Gasteiger partial charge in [-0.05, 0) is 37.4 Å². The number of carbonyl (C=O) groups excluding carboxylic acids is 1. The summed E-state index contributed by atoms with van der Waals surface area (Å²) in [7, 11) is 0. The van der Waals surface area contributed by atoms with Crippen LogP contribution < -0.4 is 10.6 Å². The largest absolute Gasteiger partial charge is 0.350 e. The monoisotopic (exact) mass is 286 g/mol. The van der Waals surface area contributed by atoms with Crippen LogP contribution in [0.25, 0.3) is 0 Å². The first kappa shape index (κ1) is 14.8. The Morgan fingerprint density at radius 2 is 2.10 bits per heavy atom. The summed E-state index contributed by atoms with van der Waals surface area (Å²) in [6.07, 6.45) is 2.15. The number of benzene rings is 1. The molecule has 1 amide bonds. The molecule has 110 valence electrons. The molecule has 0 saturated carbocycles. The topological polar surface area (TPSA) is 41.1 Å². The van der Waals surface area contributed by atoms with Crippen LogP contribution in [0.15, 0.2) is 12.1 Å². The Bertz CT molecular complexity index is 507. The highest BCUT2D eigenvalue weighted by Gasteiger charge is 2.23. The molecule has 0 aromatic heterocycles. The van der Waals surface area contributed by atoms with Gasteiger partial charge in [-0.2, -0.15) is 0 Å². The van der Waals surface area contributed by atoms with Crippen LogP contribution >= 0.6 is 0 Å². The van der Waals surface area contributed by atoms with Gasteiger partial charge < -0.3 is 10.6 Å². The molecule has 2 rings (SSSR count). The molecule has 1 aromatic carbocycles. The van der Waals surface area contributed by atoms with E-state index in [9.17, 15) is 18.0 Å². The predicted octanol–water partition coefficient (Wildman–Crippen LogP) is 2.22. The summed E-state index contributed by atoms with van der Waals surface area (Å²) in [5.41, 5.74) is -0.479. The highest BCUT2D eigenvalue weighted by Crippen LogP contribution is 2.17. The lowest BCUT2D eigenvalue weighted by Crippen LogP contribution is -2.47. The zero-order chi connectivity index (χ0) is 14.7. The van der Waals surface area contributed by atoms with E-state index in [1.54, 1.807) is 0 Å². The van der Waals surface area contributed by atoms with Crippen molar-refractivity contribution in [2.24, 2.45) is 5.92 Å². The van der Waals surface area contributed by atoms with Gasteiger partial charge in [0.25, 0.3) is 5.91 Å². The van der Waals surface area contributed by atoms with Crippen LogP contribution in [-0.2, 0) is 0 Å². The van der Waals surface area contributed by atoms with Gasteiger partial charge in [0.2, 0.25) is 0 Å². The normalized spacial score (nSPS) is 22.6. The van der Waals surface area contributed by atoms with E-state index in [-0.39, 0.29) is 6.04 Å². The number of nitrogens with one attached hydrogen (secondary N) is 2. The lowest BCUT2D eigenvalue weighted by Gasteiger charge is -2.30. The fourth-order valence-corrected chi connectivity index (χ4v) is 2.39. The number of carbonyl (C=O) groups is 1. The fourth-order valence-electron chi connectivity index (χ4n) is 2.39. The Morgan fingerprint density at radius 1 is 1.35 bits per heavy atom. The van der Waals surface area contributed by atoms with Gasteiger partial charge in [0.1, 0.15) is 0 Å². The number of amides is 1. The van der Waals surface area contributed by atoms with Gasteiger partial charge in [-0.1, -0.05) is 6.92 Å². The molecule has 2 atom stereocenters. The third kappa shape index (κ3) is 3.12. The standard InChI is InChI=1S/C14H17F3N2O/c1-8-3-2-6-18-11(8)7-19-14(20)9-4-5-10(15)13(17)12(9)16/h4-5,8,11,18H,2-3,6-7H2,1H3,(H,19,20). The Balaban J connectivity index is 2.00. The summed E-state index contributed by atoms with van der Waals surface area (Å²) in [5.74, 6) is -4.71. The Labute approximate surface area is 115 Å². The molecule has 0 bridgehead atoms. The van der Waals surface area contributed by atoms with Gasteiger partial charge in [-0.25, -0.2) is 13.2 Å². The zero-order valence-corrected chi connectivity index (χ0v) is 11.2. The lowest BCUT2D eigenvalue weighted by atomic mass is 9.93. The number of rotatable bonds is 3. The summed E-state index contributed by atoms with van der Waals surface area (Å²) in [5, 5.41) is 5.82. The summed E-state index contributed by atoms with van der Waals surface area (Å²) in [6, 6.07) is 1.80. The van der Waals surface area contributed by atoms with Crippen molar-refractivity contribution in [2.75, 3.05) is 13.1 Å². The smallest absolute Gasteiger partial charge is 0.254 e. The predicted molar refractivity (Wildman–Crippen MR) is 68.8 cm³/mol. The van der Waals surface area contributed by atoms with Crippen LogP contribution in [0, 0.1) is 23.4 Å². The molecule has 3 nitrogen and oxygen atoms in total. The molecule has 2 unspecified atom stereocenters. The minimum atomic E-state index is -1.62. The van der Waals surface area contributed by atoms with Crippen LogP contribution in [0.5, 0.6) is 0 Å². The molecular formula is C14H17F3N2O. The quantitative estimate of drug-likeness (QED) is 0.837. The van der Waals surface area contributed by atoms with Crippen LogP contribution in [0.3, 0.4) is 0 Å². The third-order valence-electron chi connectivity index (χ3n) is 3.69. The molecule has 1 heterocycles. The summed E-state index contributed by atoms with van der Waals surface area (Å²) in [6.45, 7) is 3.28. The van der Waals surface area contributed by atoms with Crippen molar-refractivity contribution in [1.82, 2.24) is 10.6 Å². The second-order valence-corrected chi connectivity index (χ2v) is 5.11. The first-order valence-electron chi connectivity index (χ1n) is 6.65. The van der Waals surface area contributed by atoms with E-state index in [0.717, 1.165) is 31.5 Å². The van der Waals surface area contributed by atoms with Gasteiger partial charge in [0.05, 0.1) is 5.56 Å². The number of piperidine rings is 1. The van der Waals surface area contributed by atoms with Crippen molar-refractivity contribution in [3.63, 3.8) is 0 Å². The molecule has 1 aliphatic heterocycles. The van der Waals surface area contributed by atoms with E-state index in [4.69, 9.17) is 0 Å². The number of hydrogen-bond acceptors (Lipinski definition) is 2. The Kier molecular flexibility index (Phi) is 4.65. The second kappa shape index (κ2) is 6.26. The number of halogens is 3. The first-order valence-corrected chi connectivity index (χ1v) is 6.65. The molecule has 2 N–H and O–H groups in total. The molecule has 20 heavy (non-hydrogen) atoms. The van der Waals surface area contributed by atoms with Crippen molar-refractivity contribution in [1.29, 1.82) is 0 Å². The van der Waals surface area contributed by atoms with Gasteiger partial charge in [0, 0.05) is 12.6 Å². The first-order chi connectivity index (χ1) is 9.50. The Hall–Kier alpha value is -1.56. The maximum absolute atomic E-state index is 13.5. The Morgan fingerprint density at radius 3 is 2.80 bits per heavy atom. The molecule has 0 radical (unpaired) electrons. The molecule has 1 fully saturated rings. The summed E-state index contributed by atoms with van der Waals surface area (Å²) < 4.78 is 39.3. The molecule has 0 aliphatic carbocycles. The molecular weight excluding hydrogens is 269 g/mol. The average Bonchev–Trinajstić information content (AvgIpc) is 2.44. The maximum atomic E-state index is 13.5. The molecule has 1 saturated heterocycles. The summed E-state index contributed by atoms with van der Waals surface area (Å²) >= 11 is 0. The highest BCUT2D eigenvalue weighted by molar-refractivity contribution is 5.94. The maximum Gasteiger partial charge on any atom is 0.254 e. The van der Waals surface area contributed by atoms with Crippen LogP contribution in [0.4, 0.5) is 13.2 Å². The van der Waals surface area contributed by atoms with Crippen LogP contribution in [0.2, 0.25) is 0 Å². The van der Waals surface area contributed by atoms with Crippen molar-refractivity contribution >= 4 is 5.91 Å². The fraction of sp³-hybridized carbons (Fsp3) is 0.500. The minimum Gasteiger partial charge on any atom is -0.350 e. The number of hydrogen-bond donors (Lipinski definition) is 2.